The van der Waals surface area contributed by atoms with Crippen molar-refractivity contribution in [2.24, 2.45) is 0 Å². The third-order valence-electron chi connectivity index (χ3n) is 3.81. The topological polar surface area (TPSA) is 79.6 Å². The maximum Gasteiger partial charge on any atom is 0.423 e. The molecule has 0 saturated carbocycles. The van der Waals surface area contributed by atoms with E-state index in [0.717, 1.165) is 23.1 Å². The molecule has 130 valence electrons. The summed E-state index contributed by atoms with van der Waals surface area (Å²) in [5, 5.41) is 2.79. The van der Waals surface area contributed by atoms with Gasteiger partial charge in [-0.05, 0) is 18.6 Å². The minimum Gasteiger partial charge on any atom is -0.383 e. The van der Waals surface area contributed by atoms with E-state index in [1.807, 2.05) is 36.4 Å². The van der Waals surface area contributed by atoms with Crippen LogP contribution in [0.5, 0.6) is 0 Å². The van der Waals surface area contributed by atoms with Crippen LogP contribution in [0.2, 0.25) is 0 Å². The highest BCUT2D eigenvalue weighted by molar-refractivity contribution is 5.67. The molecule has 25 heavy (non-hydrogen) atoms. The van der Waals surface area contributed by atoms with Crippen molar-refractivity contribution in [3.63, 3.8) is 0 Å². The van der Waals surface area contributed by atoms with Crippen molar-refractivity contribution >= 4 is 11.6 Å². The molecule has 0 fully saturated rings. The summed E-state index contributed by atoms with van der Waals surface area (Å²) >= 11 is 0. The molecule has 1 atom stereocenters. The Bertz CT molecular complexity index is 858. The highest BCUT2D eigenvalue weighted by atomic mass is 19.4. The van der Waals surface area contributed by atoms with Gasteiger partial charge in [-0.15, -0.1) is 0 Å². The third kappa shape index (κ3) is 3.42. The average Bonchev–Trinajstić information content (AvgIpc) is 3.04. The summed E-state index contributed by atoms with van der Waals surface area (Å²) in [6.45, 7) is 1.75. The Morgan fingerprint density at radius 1 is 1.12 bits per heavy atom. The maximum absolute atomic E-state index is 13.2. The summed E-state index contributed by atoms with van der Waals surface area (Å²) < 4.78 is 39.7. The number of aromatic amines is 1. The number of H-pyrrole nitrogens is 1. The zero-order valence-electron chi connectivity index (χ0n) is 13.3. The average molecular weight is 347 g/mol. The predicted octanol–water partition coefficient (Wildman–Crippen LogP) is 4.25. The van der Waals surface area contributed by atoms with Gasteiger partial charge in [0.15, 0.2) is 0 Å². The van der Waals surface area contributed by atoms with E-state index in [4.69, 9.17) is 5.73 Å². The maximum atomic E-state index is 13.2. The van der Waals surface area contributed by atoms with E-state index in [0.29, 0.717) is 0 Å². The fourth-order valence-electron chi connectivity index (χ4n) is 2.68. The van der Waals surface area contributed by atoms with E-state index in [-0.39, 0.29) is 5.82 Å². The molecule has 0 aliphatic rings. The summed E-state index contributed by atoms with van der Waals surface area (Å²) in [6, 6.07) is 11.0. The van der Waals surface area contributed by atoms with Crippen molar-refractivity contribution in [1.29, 1.82) is 0 Å². The molecule has 0 aliphatic carbocycles. The molecule has 5 nitrogen and oxygen atoms in total. The number of rotatable bonds is 4. The first-order valence-corrected chi connectivity index (χ1v) is 7.55. The van der Waals surface area contributed by atoms with Crippen molar-refractivity contribution in [3.8, 4) is 11.1 Å². The fourth-order valence-corrected chi connectivity index (χ4v) is 2.68. The van der Waals surface area contributed by atoms with E-state index in [2.05, 4.69) is 20.3 Å². The molecule has 2 heterocycles. The lowest BCUT2D eigenvalue weighted by Gasteiger charge is -2.19. The third-order valence-corrected chi connectivity index (χ3v) is 3.81. The van der Waals surface area contributed by atoms with Crippen LogP contribution < -0.4 is 11.1 Å². The molecule has 0 amide bonds. The largest absolute Gasteiger partial charge is 0.423 e. The number of hydrogen-bond donors (Lipinski definition) is 3. The van der Waals surface area contributed by atoms with E-state index in [1.165, 1.54) is 0 Å². The molecular formula is C17H16F3N5. The van der Waals surface area contributed by atoms with Crippen LogP contribution in [0.15, 0.2) is 48.9 Å². The highest BCUT2D eigenvalue weighted by Crippen LogP contribution is 2.38. The molecular weight excluding hydrogens is 331 g/mol. The smallest absolute Gasteiger partial charge is 0.383 e. The van der Waals surface area contributed by atoms with Gasteiger partial charge in [0.05, 0.1) is 6.04 Å². The first-order chi connectivity index (χ1) is 11.9. The van der Waals surface area contributed by atoms with Crippen molar-refractivity contribution in [3.05, 3.63) is 60.2 Å². The molecule has 1 unspecified atom stereocenters. The predicted molar refractivity (Wildman–Crippen MR) is 89.7 cm³/mol. The van der Waals surface area contributed by atoms with E-state index < -0.39 is 23.6 Å². The van der Waals surface area contributed by atoms with Gasteiger partial charge < -0.3 is 16.0 Å². The first kappa shape index (κ1) is 16.8. The summed E-state index contributed by atoms with van der Waals surface area (Å²) in [4.78, 5) is 10.2. The molecule has 8 heteroatoms. The molecule has 2 aromatic heterocycles. The number of nitrogen functional groups attached to an aromatic ring is 1. The lowest BCUT2D eigenvalue weighted by Crippen LogP contribution is -2.18. The Balaban J connectivity index is 1.94. The van der Waals surface area contributed by atoms with Crippen LogP contribution in [0.4, 0.5) is 24.8 Å². The van der Waals surface area contributed by atoms with Crippen LogP contribution in [0.25, 0.3) is 11.1 Å². The molecule has 0 spiro atoms. The van der Waals surface area contributed by atoms with Crippen LogP contribution in [0, 0.1) is 0 Å². The molecule has 3 aromatic rings. The molecule has 0 radical (unpaired) electrons. The zero-order chi connectivity index (χ0) is 18.0. The monoisotopic (exact) mass is 347 g/mol. The molecule has 0 aliphatic heterocycles. The van der Waals surface area contributed by atoms with Crippen LogP contribution >= 0.6 is 0 Å². The number of nitrogens with two attached hydrogens (primary N) is 1. The Hall–Kier alpha value is -3.03. The normalized spacial score (nSPS) is 12.8. The standard InChI is InChI=1S/C17H16F3N5/c1-10(14-12(7-8-22-14)11-5-3-2-4-6-11)25-16-13(17(18,19)20)15(21)23-9-24-16/h2-10,22H,1H3,(H3,21,23,24,25). The number of hydrogen-bond acceptors (Lipinski definition) is 4. The molecule has 4 N–H and O–H groups in total. The van der Waals surface area contributed by atoms with Crippen molar-refractivity contribution in [2.45, 2.75) is 19.1 Å². The highest BCUT2D eigenvalue weighted by Gasteiger charge is 2.38. The van der Waals surface area contributed by atoms with Crippen molar-refractivity contribution in [2.75, 3.05) is 11.1 Å². The molecule has 1 aromatic carbocycles. The molecule has 0 saturated heterocycles. The second kappa shape index (κ2) is 6.46. The van der Waals surface area contributed by atoms with Gasteiger partial charge in [0.1, 0.15) is 23.5 Å². The van der Waals surface area contributed by atoms with Crippen molar-refractivity contribution in [1.82, 2.24) is 15.0 Å². The van der Waals surface area contributed by atoms with Crippen LogP contribution in [-0.4, -0.2) is 15.0 Å². The van der Waals surface area contributed by atoms with Crippen LogP contribution in [0.3, 0.4) is 0 Å². The van der Waals surface area contributed by atoms with Gasteiger partial charge in [0, 0.05) is 17.5 Å². The molecule has 0 bridgehead atoms. The summed E-state index contributed by atoms with van der Waals surface area (Å²) in [6.07, 6.45) is -1.90. The minimum atomic E-state index is -4.65. The summed E-state index contributed by atoms with van der Waals surface area (Å²) in [5.74, 6) is -0.951. The van der Waals surface area contributed by atoms with Crippen LogP contribution in [-0.2, 0) is 6.18 Å². The van der Waals surface area contributed by atoms with Gasteiger partial charge in [-0.2, -0.15) is 13.2 Å². The fraction of sp³-hybridized carbons (Fsp3) is 0.176. The Labute approximate surface area is 142 Å². The summed E-state index contributed by atoms with van der Waals surface area (Å²) in [5.41, 5.74) is 6.95. The molecule has 3 rings (SSSR count). The number of nitrogens with one attached hydrogen (secondary N) is 2. The Kier molecular flexibility index (Phi) is 4.35. The van der Waals surface area contributed by atoms with Crippen LogP contribution in [0.1, 0.15) is 24.2 Å². The second-order valence-electron chi connectivity index (χ2n) is 5.52. The number of halogens is 3. The number of alkyl halides is 3. The number of nitrogens with zero attached hydrogens (tertiary/aromatic N) is 2. The van der Waals surface area contributed by atoms with Gasteiger partial charge >= 0.3 is 6.18 Å². The number of anilines is 2. The first-order valence-electron chi connectivity index (χ1n) is 7.55. The van der Waals surface area contributed by atoms with E-state index >= 15 is 0 Å². The van der Waals surface area contributed by atoms with E-state index in [1.54, 1.807) is 13.1 Å². The number of aromatic nitrogens is 3. The lowest BCUT2D eigenvalue weighted by molar-refractivity contribution is -0.136. The lowest BCUT2D eigenvalue weighted by atomic mass is 10.0. The van der Waals surface area contributed by atoms with Gasteiger partial charge in [-0.1, -0.05) is 30.3 Å². The summed E-state index contributed by atoms with van der Waals surface area (Å²) in [7, 11) is 0. The van der Waals surface area contributed by atoms with Gasteiger partial charge in [-0.3, -0.25) is 0 Å². The number of benzene rings is 1. The van der Waals surface area contributed by atoms with Crippen molar-refractivity contribution < 1.29 is 13.2 Å². The SMILES string of the molecule is CC(Nc1ncnc(N)c1C(F)(F)F)c1[nH]ccc1-c1ccccc1. The second-order valence-corrected chi connectivity index (χ2v) is 5.52. The van der Waals surface area contributed by atoms with E-state index in [9.17, 15) is 13.2 Å². The van der Waals surface area contributed by atoms with Gasteiger partial charge in [0.2, 0.25) is 0 Å². The zero-order valence-corrected chi connectivity index (χ0v) is 13.3. The Morgan fingerprint density at radius 3 is 2.52 bits per heavy atom. The van der Waals surface area contributed by atoms with Gasteiger partial charge in [0.25, 0.3) is 0 Å². The van der Waals surface area contributed by atoms with Gasteiger partial charge in [-0.25, -0.2) is 9.97 Å². The Morgan fingerprint density at radius 2 is 1.84 bits per heavy atom. The minimum absolute atomic E-state index is 0.346. The quantitative estimate of drug-likeness (QED) is 0.659.